The summed E-state index contributed by atoms with van der Waals surface area (Å²) < 4.78 is 0. The fourth-order valence-corrected chi connectivity index (χ4v) is 5.99. The van der Waals surface area contributed by atoms with Gasteiger partial charge in [0.05, 0.1) is 5.41 Å². The second-order valence-corrected chi connectivity index (χ2v) is 9.65. The highest BCUT2D eigenvalue weighted by Crippen LogP contribution is 2.31. The van der Waals surface area contributed by atoms with Gasteiger partial charge in [0.15, 0.2) is 0 Å². The Bertz CT molecular complexity index is 449. The number of hydrogen-bond donors (Lipinski definition) is 3. The lowest BCUT2D eigenvalue weighted by molar-refractivity contribution is -0.136. The fraction of sp³-hybridized carbons (Fsp3) is 0.882. The molecule has 3 aliphatic heterocycles. The molecular formula is C17H30ClN3O2S2. The maximum Gasteiger partial charge on any atom is 0.228 e. The molecule has 0 spiro atoms. The first-order chi connectivity index (χ1) is 11.7. The Labute approximate surface area is 165 Å². The second-order valence-electron chi connectivity index (χ2n) is 7.20. The van der Waals surface area contributed by atoms with Gasteiger partial charge in [0, 0.05) is 25.0 Å². The van der Waals surface area contributed by atoms with Crippen LogP contribution in [0.3, 0.4) is 0 Å². The summed E-state index contributed by atoms with van der Waals surface area (Å²) in [6, 6.07) is 0.582. The molecule has 3 heterocycles. The van der Waals surface area contributed by atoms with Gasteiger partial charge in [-0.3, -0.25) is 9.59 Å². The molecule has 0 bridgehead atoms. The van der Waals surface area contributed by atoms with Crippen molar-refractivity contribution in [3.63, 3.8) is 0 Å². The molecule has 0 radical (unpaired) electrons. The van der Waals surface area contributed by atoms with Crippen LogP contribution < -0.4 is 16.0 Å². The van der Waals surface area contributed by atoms with Crippen molar-refractivity contribution in [2.24, 2.45) is 5.41 Å². The first-order valence-electron chi connectivity index (χ1n) is 9.14. The summed E-state index contributed by atoms with van der Waals surface area (Å²) in [5.74, 6) is 4.62. The molecule has 3 aliphatic rings. The average molecular weight is 408 g/mol. The predicted octanol–water partition coefficient (Wildman–Crippen LogP) is 1.80. The van der Waals surface area contributed by atoms with Crippen LogP contribution in [0.5, 0.6) is 0 Å². The molecule has 3 rings (SSSR count). The third kappa shape index (κ3) is 5.94. The molecular weight excluding hydrogens is 378 g/mol. The molecule has 8 heteroatoms. The van der Waals surface area contributed by atoms with Crippen LogP contribution in [0.1, 0.15) is 38.5 Å². The molecule has 144 valence electrons. The van der Waals surface area contributed by atoms with Crippen LogP contribution in [0.15, 0.2) is 0 Å². The van der Waals surface area contributed by atoms with Gasteiger partial charge in [0.25, 0.3) is 0 Å². The minimum Gasteiger partial charge on any atom is -0.353 e. The van der Waals surface area contributed by atoms with Gasteiger partial charge in [-0.2, -0.15) is 23.5 Å². The van der Waals surface area contributed by atoms with Gasteiger partial charge in [-0.15, -0.1) is 12.4 Å². The maximum atomic E-state index is 12.9. The average Bonchev–Trinajstić information content (AvgIpc) is 3.06. The number of amides is 2. The van der Waals surface area contributed by atoms with E-state index >= 15 is 0 Å². The van der Waals surface area contributed by atoms with Crippen molar-refractivity contribution >= 4 is 47.7 Å². The summed E-state index contributed by atoms with van der Waals surface area (Å²) in [4.78, 5) is 25.5. The van der Waals surface area contributed by atoms with Crippen LogP contribution >= 0.6 is 35.9 Å². The molecule has 3 fully saturated rings. The van der Waals surface area contributed by atoms with Crippen molar-refractivity contribution in [1.82, 2.24) is 16.0 Å². The Balaban J connectivity index is 0.00000225. The quantitative estimate of drug-likeness (QED) is 0.648. The van der Waals surface area contributed by atoms with E-state index in [1.165, 1.54) is 0 Å². The summed E-state index contributed by atoms with van der Waals surface area (Å²) in [5, 5.41) is 9.69. The smallest absolute Gasteiger partial charge is 0.228 e. The number of carbonyl (C=O) groups excluding carboxylic acids is 2. The standard InChI is InChI=1S/C17H29N3O2S2.ClH/c21-15(19-13-1-7-23-8-2-13)11-17(5-6-18-12-17)16(22)20-14-3-9-24-10-4-14;/h13-14,18H,1-12H2,(H,19,21)(H,20,22);1H. The summed E-state index contributed by atoms with van der Waals surface area (Å²) in [6.45, 7) is 1.44. The van der Waals surface area contributed by atoms with E-state index < -0.39 is 5.41 Å². The maximum absolute atomic E-state index is 12.9. The zero-order valence-electron chi connectivity index (χ0n) is 14.7. The molecule has 0 aromatic rings. The van der Waals surface area contributed by atoms with Gasteiger partial charge in [-0.05, 0) is 61.7 Å². The Hall–Kier alpha value is -0.110. The number of nitrogens with one attached hydrogen (secondary N) is 3. The summed E-state index contributed by atoms with van der Waals surface area (Å²) in [7, 11) is 0. The normalized spacial score (nSPS) is 28.2. The van der Waals surface area contributed by atoms with E-state index in [0.29, 0.717) is 19.0 Å². The molecule has 1 unspecified atom stereocenters. The lowest BCUT2D eigenvalue weighted by Gasteiger charge is -2.31. The van der Waals surface area contributed by atoms with E-state index in [-0.39, 0.29) is 30.3 Å². The lowest BCUT2D eigenvalue weighted by atomic mass is 9.81. The molecule has 3 N–H and O–H groups in total. The largest absolute Gasteiger partial charge is 0.353 e. The van der Waals surface area contributed by atoms with E-state index in [1.807, 2.05) is 23.5 Å². The van der Waals surface area contributed by atoms with Crippen molar-refractivity contribution in [2.75, 3.05) is 36.1 Å². The number of rotatable bonds is 5. The zero-order valence-corrected chi connectivity index (χ0v) is 17.1. The third-order valence-corrected chi connectivity index (χ3v) is 7.46. The van der Waals surface area contributed by atoms with Crippen LogP contribution in [-0.2, 0) is 9.59 Å². The van der Waals surface area contributed by atoms with Crippen molar-refractivity contribution in [3.8, 4) is 0 Å². The monoisotopic (exact) mass is 407 g/mol. The number of halogens is 1. The Morgan fingerprint density at radius 2 is 1.52 bits per heavy atom. The molecule has 0 aromatic heterocycles. The van der Waals surface area contributed by atoms with Crippen LogP contribution in [0.4, 0.5) is 0 Å². The summed E-state index contributed by atoms with van der Waals surface area (Å²) in [5.41, 5.74) is -0.557. The van der Waals surface area contributed by atoms with Crippen molar-refractivity contribution in [1.29, 1.82) is 0 Å². The van der Waals surface area contributed by atoms with Crippen LogP contribution in [0, 0.1) is 5.41 Å². The molecule has 0 saturated carbocycles. The highest BCUT2D eigenvalue weighted by atomic mass is 35.5. The van der Waals surface area contributed by atoms with E-state index in [0.717, 1.165) is 61.7 Å². The second kappa shape index (κ2) is 10.3. The number of thioether (sulfide) groups is 2. The van der Waals surface area contributed by atoms with Gasteiger partial charge in [-0.1, -0.05) is 0 Å². The SMILES string of the molecule is Cl.O=C(CC1(C(=O)NC2CCSCC2)CCNC1)NC1CCSCC1. The number of hydrogen-bond acceptors (Lipinski definition) is 5. The third-order valence-electron chi connectivity index (χ3n) is 5.37. The number of carbonyl (C=O) groups is 2. The van der Waals surface area contributed by atoms with E-state index in [2.05, 4.69) is 16.0 Å². The topological polar surface area (TPSA) is 70.2 Å². The van der Waals surface area contributed by atoms with Gasteiger partial charge in [0.1, 0.15) is 0 Å². The fourth-order valence-electron chi connectivity index (χ4n) is 3.78. The predicted molar refractivity (Wildman–Crippen MR) is 109 cm³/mol. The van der Waals surface area contributed by atoms with Crippen LogP contribution in [0.2, 0.25) is 0 Å². The minimum atomic E-state index is -0.557. The summed E-state index contributed by atoms with van der Waals surface area (Å²) in [6.07, 6.45) is 5.27. The molecule has 0 aliphatic carbocycles. The van der Waals surface area contributed by atoms with E-state index in [4.69, 9.17) is 0 Å². The van der Waals surface area contributed by atoms with Gasteiger partial charge in [-0.25, -0.2) is 0 Å². The molecule has 1 atom stereocenters. The van der Waals surface area contributed by atoms with Gasteiger partial charge >= 0.3 is 0 Å². The van der Waals surface area contributed by atoms with Gasteiger partial charge in [0.2, 0.25) is 11.8 Å². The lowest BCUT2D eigenvalue weighted by Crippen LogP contribution is -2.50. The Kier molecular flexibility index (Phi) is 8.72. The highest BCUT2D eigenvalue weighted by Gasteiger charge is 2.43. The minimum absolute atomic E-state index is 0. The van der Waals surface area contributed by atoms with E-state index in [1.54, 1.807) is 0 Å². The molecule has 0 aromatic carbocycles. The Morgan fingerprint density at radius 1 is 0.960 bits per heavy atom. The first-order valence-corrected chi connectivity index (χ1v) is 11.5. The zero-order chi connectivity index (χ0) is 16.8. The van der Waals surface area contributed by atoms with Crippen LogP contribution in [-0.4, -0.2) is 60.0 Å². The van der Waals surface area contributed by atoms with Crippen molar-refractivity contribution in [2.45, 2.75) is 50.6 Å². The molecule has 3 saturated heterocycles. The van der Waals surface area contributed by atoms with Crippen LogP contribution in [0.25, 0.3) is 0 Å². The first kappa shape index (κ1) is 21.2. The molecule has 25 heavy (non-hydrogen) atoms. The van der Waals surface area contributed by atoms with Crippen molar-refractivity contribution < 1.29 is 9.59 Å². The Morgan fingerprint density at radius 3 is 2.04 bits per heavy atom. The van der Waals surface area contributed by atoms with Gasteiger partial charge < -0.3 is 16.0 Å². The molecule has 5 nitrogen and oxygen atoms in total. The molecule has 2 amide bonds. The van der Waals surface area contributed by atoms with E-state index in [9.17, 15) is 9.59 Å². The van der Waals surface area contributed by atoms with Crippen molar-refractivity contribution in [3.05, 3.63) is 0 Å². The highest BCUT2D eigenvalue weighted by molar-refractivity contribution is 7.99. The summed E-state index contributed by atoms with van der Waals surface area (Å²) >= 11 is 3.91.